The molecule has 0 aromatic heterocycles. The Kier molecular flexibility index (Phi) is 12.8. The van der Waals surface area contributed by atoms with Crippen molar-refractivity contribution in [2.24, 2.45) is 0 Å². The molecule has 0 fully saturated rings. The summed E-state index contributed by atoms with van der Waals surface area (Å²) < 4.78 is 0. The Morgan fingerprint density at radius 2 is 1.39 bits per heavy atom. The molecule has 0 saturated carbocycles. The van der Waals surface area contributed by atoms with Gasteiger partial charge in [0.1, 0.15) is 18.3 Å². The van der Waals surface area contributed by atoms with Crippen LogP contribution < -0.4 is 0 Å². The predicted octanol–water partition coefficient (Wildman–Crippen LogP) is -2.30. The Labute approximate surface area is 144 Å². The molecular formula is C15H27AlO7. The molecule has 132 valence electrons. The molecular weight excluding hydrogens is 319 g/mol. The second kappa shape index (κ2) is 11.9. The van der Waals surface area contributed by atoms with Crippen LogP contribution in [0.3, 0.4) is 0 Å². The second-order valence-electron chi connectivity index (χ2n) is 5.30. The van der Waals surface area contributed by atoms with E-state index >= 15 is 0 Å². The summed E-state index contributed by atoms with van der Waals surface area (Å²) in [6.45, 7) is 5.65. The highest BCUT2D eigenvalue weighted by Gasteiger charge is 2.31. The van der Waals surface area contributed by atoms with E-state index < -0.39 is 36.0 Å². The SMILES string of the molecule is Cc1ccc(C)c(C)c1.O.OC[C@@H](O)[C@@H](O)[C@H](O)[C@@H](O)[CH](O)[Al]. The van der Waals surface area contributed by atoms with E-state index in [0.29, 0.717) is 0 Å². The highest BCUT2D eigenvalue weighted by Crippen LogP contribution is 2.08. The number of hydrogen-bond donors (Lipinski definition) is 6. The molecule has 0 aliphatic carbocycles. The van der Waals surface area contributed by atoms with Crippen molar-refractivity contribution in [2.45, 2.75) is 50.2 Å². The fourth-order valence-electron chi connectivity index (χ4n) is 1.63. The molecule has 2 radical (unpaired) electrons. The number of hydrogen-bond acceptors (Lipinski definition) is 6. The van der Waals surface area contributed by atoms with Crippen molar-refractivity contribution in [3.05, 3.63) is 34.9 Å². The van der Waals surface area contributed by atoms with Crippen LogP contribution >= 0.6 is 0 Å². The van der Waals surface area contributed by atoms with Crippen molar-refractivity contribution >= 4 is 16.3 Å². The number of aryl methyl sites for hydroxylation is 3. The van der Waals surface area contributed by atoms with E-state index in [-0.39, 0.29) is 5.48 Å². The van der Waals surface area contributed by atoms with Crippen LogP contribution in [-0.2, 0) is 0 Å². The minimum Gasteiger partial charge on any atom is -0.412 e. The maximum Gasteiger partial charge on any atom is 0.175 e. The molecule has 0 amide bonds. The molecule has 8 heteroatoms. The van der Waals surface area contributed by atoms with Crippen LogP contribution in [0.2, 0.25) is 0 Å². The van der Waals surface area contributed by atoms with Gasteiger partial charge in [-0.05, 0) is 31.9 Å². The molecule has 0 heterocycles. The summed E-state index contributed by atoms with van der Waals surface area (Å²) in [5.41, 5.74) is 4.11. The summed E-state index contributed by atoms with van der Waals surface area (Å²) in [4.78, 5) is -1.31. The standard InChI is InChI=1S/C9H12.C6H13O6.Al.H2O/c1-7-4-5-8(2)9(3)6-7;7-1-3(9)5(11)6(12)4(10)2-8;;/h4-6H,1-3H3;1,3-12H,2H2;;1H2/t;3-,4+,5+,6+;;/m.0../s1. The van der Waals surface area contributed by atoms with Gasteiger partial charge in [-0.1, -0.05) is 23.8 Å². The molecule has 5 atom stereocenters. The van der Waals surface area contributed by atoms with Crippen LogP contribution in [0.4, 0.5) is 0 Å². The first-order valence-corrected chi connectivity index (χ1v) is 7.59. The van der Waals surface area contributed by atoms with Crippen molar-refractivity contribution in [1.82, 2.24) is 0 Å². The topological polar surface area (TPSA) is 153 Å². The van der Waals surface area contributed by atoms with Crippen molar-refractivity contribution in [3.8, 4) is 0 Å². The Bertz CT molecular complexity index is 442. The summed E-state index contributed by atoms with van der Waals surface area (Å²) in [5, 5.41) is 53.3. The van der Waals surface area contributed by atoms with Crippen LogP contribution in [-0.4, -0.2) is 88.4 Å². The Morgan fingerprint density at radius 3 is 1.74 bits per heavy atom. The van der Waals surface area contributed by atoms with E-state index in [1.54, 1.807) is 0 Å². The van der Waals surface area contributed by atoms with E-state index in [1.165, 1.54) is 16.7 Å². The smallest absolute Gasteiger partial charge is 0.175 e. The third-order valence-corrected chi connectivity index (χ3v) is 3.69. The Morgan fingerprint density at radius 1 is 0.870 bits per heavy atom. The average molecular weight is 346 g/mol. The first kappa shape index (κ1) is 24.7. The molecule has 1 rings (SSSR count). The third-order valence-electron chi connectivity index (χ3n) is 3.29. The summed E-state index contributed by atoms with van der Waals surface area (Å²) in [6, 6.07) is 6.50. The van der Waals surface area contributed by atoms with Crippen LogP contribution in [0.1, 0.15) is 16.7 Å². The predicted molar refractivity (Wildman–Crippen MR) is 87.1 cm³/mol. The van der Waals surface area contributed by atoms with Gasteiger partial charge in [-0.15, -0.1) is 0 Å². The van der Waals surface area contributed by atoms with Gasteiger partial charge in [0.2, 0.25) is 0 Å². The molecule has 0 aliphatic rings. The molecule has 0 saturated heterocycles. The maximum absolute atomic E-state index is 9.11. The molecule has 1 aromatic rings. The summed E-state index contributed by atoms with van der Waals surface area (Å²) in [7, 11) is 0. The zero-order valence-corrected chi connectivity index (χ0v) is 14.7. The molecule has 23 heavy (non-hydrogen) atoms. The van der Waals surface area contributed by atoms with E-state index in [2.05, 4.69) is 39.0 Å². The van der Waals surface area contributed by atoms with Crippen LogP contribution in [0.25, 0.3) is 0 Å². The van der Waals surface area contributed by atoms with Gasteiger partial charge in [0, 0.05) is 4.97 Å². The average Bonchev–Trinajstić information content (AvgIpc) is 2.48. The van der Waals surface area contributed by atoms with E-state index in [4.69, 9.17) is 30.6 Å². The first-order valence-electron chi connectivity index (χ1n) is 6.92. The van der Waals surface area contributed by atoms with Crippen molar-refractivity contribution in [2.75, 3.05) is 6.61 Å². The monoisotopic (exact) mass is 346 g/mol. The zero-order chi connectivity index (χ0) is 17.4. The minimum atomic E-state index is -1.71. The highest BCUT2D eigenvalue weighted by atomic mass is 27.0. The Hall–Kier alpha value is -0.528. The van der Waals surface area contributed by atoms with Crippen molar-refractivity contribution in [3.63, 3.8) is 0 Å². The normalized spacial score (nSPS) is 16.9. The summed E-state index contributed by atoms with van der Waals surface area (Å²) >= 11 is 1.82. The largest absolute Gasteiger partial charge is 0.412 e. The van der Waals surface area contributed by atoms with Gasteiger partial charge < -0.3 is 36.1 Å². The lowest BCUT2D eigenvalue weighted by Gasteiger charge is -2.27. The van der Waals surface area contributed by atoms with E-state index in [1.807, 2.05) is 16.3 Å². The minimum absolute atomic E-state index is 0. The number of aliphatic hydroxyl groups excluding tert-OH is 6. The zero-order valence-electron chi connectivity index (χ0n) is 13.6. The van der Waals surface area contributed by atoms with Crippen LogP contribution in [0.15, 0.2) is 18.2 Å². The summed E-state index contributed by atoms with van der Waals surface area (Å²) in [6.07, 6.45) is -6.56. The highest BCUT2D eigenvalue weighted by molar-refractivity contribution is 6.11. The fraction of sp³-hybridized carbons (Fsp3) is 0.600. The lowest BCUT2D eigenvalue weighted by molar-refractivity contribution is -0.129. The van der Waals surface area contributed by atoms with Gasteiger partial charge in [0.25, 0.3) is 0 Å². The molecule has 7 nitrogen and oxygen atoms in total. The lowest BCUT2D eigenvalue weighted by Crippen LogP contribution is -2.50. The van der Waals surface area contributed by atoms with Crippen LogP contribution in [0, 0.1) is 20.8 Å². The number of rotatable bonds is 5. The van der Waals surface area contributed by atoms with E-state index in [9.17, 15) is 0 Å². The van der Waals surface area contributed by atoms with Gasteiger partial charge in [-0.2, -0.15) is 0 Å². The lowest BCUT2D eigenvalue weighted by atomic mass is 10.0. The third kappa shape index (κ3) is 8.77. The second-order valence-corrected chi connectivity index (χ2v) is 5.98. The van der Waals surface area contributed by atoms with E-state index in [0.717, 1.165) is 0 Å². The van der Waals surface area contributed by atoms with Crippen molar-refractivity contribution in [1.29, 1.82) is 0 Å². The maximum atomic E-state index is 9.11. The summed E-state index contributed by atoms with van der Waals surface area (Å²) in [5.74, 6) is 0. The molecule has 0 aliphatic heterocycles. The molecule has 8 N–H and O–H groups in total. The van der Waals surface area contributed by atoms with Crippen molar-refractivity contribution < 1.29 is 36.1 Å². The van der Waals surface area contributed by atoms with Gasteiger partial charge in [-0.3, -0.25) is 0 Å². The Balaban J connectivity index is 0. The van der Waals surface area contributed by atoms with Gasteiger partial charge in [0.15, 0.2) is 16.3 Å². The molecule has 0 spiro atoms. The van der Waals surface area contributed by atoms with Crippen LogP contribution in [0.5, 0.6) is 0 Å². The first-order chi connectivity index (χ1) is 10.1. The fourth-order valence-corrected chi connectivity index (χ4v) is 1.86. The van der Waals surface area contributed by atoms with Gasteiger partial charge in [-0.25, -0.2) is 0 Å². The molecule has 1 unspecified atom stereocenters. The quantitative estimate of drug-likeness (QED) is 0.330. The number of benzene rings is 1. The van der Waals surface area contributed by atoms with Gasteiger partial charge >= 0.3 is 0 Å². The van der Waals surface area contributed by atoms with Gasteiger partial charge in [0.05, 0.1) is 12.7 Å². The molecule has 0 bridgehead atoms. The molecule has 1 aromatic carbocycles. The number of aliphatic hydroxyl groups is 6.